The van der Waals surface area contributed by atoms with Crippen LogP contribution in [0.1, 0.15) is 29.1 Å². The SMILES string of the molecule is Cc1cc(-c2cnc(C3(F)CCS(=O)(=O)CC3)s2)cc(-c2cnc(N)nc2C(F)(F)F)c1. The number of thiazole rings is 1. The summed E-state index contributed by atoms with van der Waals surface area (Å²) in [4.78, 5) is 11.8. The molecule has 0 unspecified atom stereocenters. The molecule has 6 nitrogen and oxygen atoms in total. The number of hydrogen-bond acceptors (Lipinski definition) is 7. The van der Waals surface area contributed by atoms with Crippen molar-refractivity contribution in [2.75, 3.05) is 17.2 Å². The molecule has 12 heteroatoms. The number of hydrogen-bond donors (Lipinski definition) is 1. The minimum Gasteiger partial charge on any atom is -0.368 e. The van der Waals surface area contributed by atoms with Crippen molar-refractivity contribution in [2.45, 2.75) is 31.6 Å². The number of nitrogen functional groups attached to an aromatic ring is 1. The van der Waals surface area contributed by atoms with Crippen molar-refractivity contribution >= 4 is 27.1 Å². The van der Waals surface area contributed by atoms with Gasteiger partial charge in [0.15, 0.2) is 21.2 Å². The second kappa shape index (κ2) is 7.77. The highest BCUT2D eigenvalue weighted by molar-refractivity contribution is 7.91. The first-order chi connectivity index (χ1) is 14.9. The number of benzene rings is 1. The predicted octanol–water partition coefficient (Wildman–Crippen LogP) is 4.55. The van der Waals surface area contributed by atoms with Crippen LogP contribution in [0, 0.1) is 6.92 Å². The van der Waals surface area contributed by atoms with Gasteiger partial charge >= 0.3 is 6.18 Å². The van der Waals surface area contributed by atoms with Gasteiger partial charge in [0, 0.05) is 30.8 Å². The quantitative estimate of drug-likeness (QED) is 0.546. The Kier molecular flexibility index (Phi) is 5.48. The molecule has 0 aliphatic carbocycles. The van der Waals surface area contributed by atoms with Crippen LogP contribution in [-0.2, 0) is 21.7 Å². The molecule has 1 saturated heterocycles. The Bertz CT molecular complexity index is 1270. The van der Waals surface area contributed by atoms with E-state index >= 15 is 4.39 Å². The molecule has 1 aromatic carbocycles. The number of anilines is 1. The summed E-state index contributed by atoms with van der Waals surface area (Å²) in [5.74, 6) is -0.974. The number of sulfone groups is 1. The number of alkyl halides is 4. The number of aryl methyl sites for hydroxylation is 1. The van der Waals surface area contributed by atoms with Gasteiger partial charge in [-0.25, -0.2) is 27.8 Å². The van der Waals surface area contributed by atoms with Gasteiger partial charge in [-0.3, -0.25) is 0 Å². The van der Waals surface area contributed by atoms with E-state index in [4.69, 9.17) is 5.73 Å². The number of rotatable bonds is 3. The molecule has 3 aromatic rings. The van der Waals surface area contributed by atoms with Crippen molar-refractivity contribution in [1.82, 2.24) is 15.0 Å². The molecule has 1 fully saturated rings. The zero-order valence-electron chi connectivity index (χ0n) is 16.8. The Morgan fingerprint density at radius 2 is 1.72 bits per heavy atom. The van der Waals surface area contributed by atoms with E-state index in [1.54, 1.807) is 19.1 Å². The van der Waals surface area contributed by atoms with Gasteiger partial charge in [0.2, 0.25) is 5.95 Å². The predicted molar refractivity (Wildman–Crippen MR) is 113 cm³/mol. The van der Waals surface area contributed by atoms with Crippen LogP contribution >= 0.6 is 11.3 Å². The molecule has 0 atom stereocenters. The summed E-state index contributed by atoms with van der Waals surface area (Å²) in [6.45, 7) is 1.73. The van der Waals surface area contributed by atoms with Crippen molar-refractivity contribution in [2.24, 2.45) is 0 Å². The molecule has 170 valence electrons. The summed E-state index contributed by atoms with van der Waals surface area (Å²) in [6.07, 6.45) is -2.58. The third-order valence-corrected chi connectivity index (χ3v) is 8.13. The van der Waals surface area contributed by atoms with Gasteiger partial charge in [0.05, 0.1) is 16.4 Å². The van der Waals surface area contributed by atoms with Crippen molar-refractivity contribution in [1.29, 1.82) is 0 Å². The molecule has 3 heterocycles. The topological polar surface area (TPSA) is 98.8 Å². The van der Waals surface area contributed by atoms with E-state index in [0.29, 0.717) is 16.0 Å². The standard InChI is InChI=1S/C20H18F4N4O2S2/c1-11-6-12(14-9-27-18(25)28-16(14)20(22,23)24)8-13(7-11)15-10-26-17(31-15)19(21)2-4-32(29,30)5-3-19/h6-10H,2-5H2,1H3,(H2,25,27,28). The van der Waals surface area contributed by atoms with Crippen LogP contribution in [-0.4, -0.2) is 34.9 Å². The number of aromatic nitrogens is 3. The summed E-state index contributed by atoms with van der Waals surface area (Å²) in [5.41, 5.74) is 3.62. The molecule has 0 spiro atoms. The molecular formula is C20H18F4N4O2S2. The summed E-state index contributed by atoms with van der Waals surface area (Å²) in [5, 5.41) is 0.164. The molecular weight excluding hydrogens is 468 g/mol. The van der Waals surface area contributed by atoms with E-state index in [0.717, 1.165) is 17.5 Å². The molecule has 0 bridgehead atoms. The van der Waals surface area contributed by atoms with E-state index in [1.807, 2.05) is 0 Å². The van der Waals surface area contributed by atoms with E-state index < -0.39 is 33.3 Å². The van der Waals surface area contributed by atoms with Crippen molar-refractivity contribution in [3.8, 4) is 21.6 Å². The van der Waals surface area contributed by atoms with Crippen LogP contribution in [0.15, 0.2) is 30.6 Å². The Morgan fingerprint density at radius 1 is 1.06 bits per heavy atom. The normalized spacial score (nSPS) is 17.9. The molecule has 2 aromatic heterocycles. The monoisotopic (exact) mass is 486 g/mol. The van der Waals surface area contributed by atoms with Crippen molar-refractivity contribution in [3.05, 3.63) is 46.9 Å². The van der Waals surface area contributed by atoms with Gasteiger partial charge in [-0.05, 0) is 29.7 Å². The highest BCUT2D eigenvalue weighted by Crippen LogP contribution is 2.43. The minimum absolute atomic E-state index is 0.164. The van der Waals surface area contributed by atoms with E-state index in [1.165, 1.54) is 12.3 Å². The molecule has 0 radical (unpaired) electrons. The number of nitrogens with zero attached hydrogens (tertiary/aromatic N) is 3. The van der Waals surface area contributed by atoms with Gasteiger partial charge in [-0.1, -0.05) is 12.1 Å². The van der Waals surface area contributed by atoms with Crippen LogP contribution < -0.4 is 5.73 Å². The highest BCUT2D eigenvalue weighted by atomic mass is 32.2. The zero-order valence-corrected chi connectivity index (χ0v) is 18.4. The van der Waals surface area contributed by atoms with Gasteiger partial charge in [0.25, 0.3) is 0 Å². The Hall–Kier alpha value is -2.60. The molecule has 0 saturated carbocycles. The fourth-order valence-electron chi connectivity index (χ4n) is 3.59. The van der Waals surface area contributed by atoms with Crippen LogP contribution in [0.3, 0.4) is 0 Å². The molecule has 1 aliphatic heterocycles. The fraction of sp³-hybridized carbons (Fsp3) is 0.350. The molecule has 4 rings (SSSR count). The van der Waals surface area contributed by atoms with Crippen LogP contribution in [0.25, 0.3) is 21.6 Å². The maximum absolute atomic E-state index is 15.4. The second-order valence-electron chi connectivity index (χ2n) is 7.72. The zero-order chi connectivity index (χ0) is 23.3. The molecule has 0 amide bonds. The maximum atomic E-state index is 15.4. The lowest BCUT2D eigenvalue weighted by Gasteiger charge is -2.27. The lowest BCUT2D eigenvalue weighted by molar-refractivity contribution is -0.140. The van der Waals surface area contributed by atoms with Gasteiger partial charge in [0.1, 0.15) is 5.01 Å². The summed E-state index contributed by atoms with van der Waals surface area (Å²) >= 11 is 1.06. The summed E-state index contributed by atoms with van der Waals surface area (Å²) < 4.78 is 79.2. The lowest BCUT2D eigenvalue weighted by atomic mass is 9.99. The lowest BCUT2D eigenvalue weighted by Crippen LogP contribution is -2.33. The Balaban J connectivity index is 1.73. The maximum Gasteiger partial charge on any atom is 0.434 e. The first-order valence-corrected chi connectivity index (χ1v) is 12.2. The summed E-state index contributed by atoms with van der Waals surface area (Å²) in [7, 11) is -3.24. The van der Waals surface area contributed by atoms with E-state index in [-0.39, 0.29) is 40.5 Å². The second-order valence-corrected chi connectivity index (χ2v) is 11.1. The van der Waals surface area contributed by atoms with Crippen LogP contribution in [0.5, 0.6) is 0 Å². The Labute approximate surface area is 185 Å². The average Bonchev–Trinajstić information content (AvgIpc) is 3.20. The van der Waals surface area contributed by atoms with Gasteiger partial charge in [-0.2, -0.15) is 13.2 Å². The fourth-order valence-corrected chi connectivity index (χ4v) is 6.11. The van der Waals surface area contributed by atoms with E-state index in [2.05, 4.69) is 15.0 Å². The first-order valence-electron chi connectivity index (χ1n) is 9.54. The van der Waals surface area contributed by atoms with E-state index in [9.17, 15) is 21.6 Å². The van der Waals surface area contributed by atoms with Gasteiger partial charge < -0.3 is 5.73 Å². The smallest absolute Gasteiger partial charge is 0.368 e. The average molecular weight is 487 g/mol. The molecule has 2 N–H and O–H groups in total. The summed E-state index contributed by atoms with van der Waals surface area (Å²) in [6, 6.07) is 4.85. The first kappa shape index (κ1) is 22.6. The highest BCUT2D eigenvalue weighted by Gasteiger charge is 2.41. The molecule has 32 heavy (non-hydrogen) atoms. The number of nitrogens with two attached hydrogens (primary N) is 1. The van der Waals surface area contributed by atoms with Crippen LogP contribution in [0.4, 0.5) is 23.5 Å². The molecule has 1 aliphatic rings. The van der Waals surface area contributed by atoms with Gasteiger partial charge in [-0.15, -0.1) is 11.3 Å². The largest absolute Gasteiger partial charge is 0.434 e. The van der Waals surface area contributed by atoms with Crippen molar-refractivity contribution < 1.29 is 26.0 Å². The van der Waals surface area contributed by atoms with Crippen molar-refractivity contribution in [3.63, 3.8) is 0 Å². The Morgan fingerprint density at radius 3 is 2.38 bits per heavy atom. The van der Waals surface area contributed by atoms with Crippen LogP contribution in [0.2, 0.25) is 0 Å². The number of halogens is 4. The third kappa shape index (κ3) is 4.46. The minimum atomic E-state index is -4.73. The third-order valence-electron chi connectivity index (χ3n) is 5.26.